The maximum absolute atomic E-state index is 11.9. The molecule has 1 heterocycles. The van der Waals surface area contributed by atoms with Gasteiger partial charge in [0.2, 0.25) is 5.91 Å². The lowest BCUT2D eigenvalue weighted by atomic mass is 9.96. The monoisotopic (exact) mass is 332 g/mol. The van der Waals surface area contributed by atoms with Crippen molar-refractivity contribution in [2.75, 3.05) is 0 Å². The summed E-state index contributed by atoms with van der Waals surface area (Å²) in [4.78, 5) is 11.9. The van der Waals surface area contributed by atoms with Crippen molar-refractivity contribution in [3.63, 3.8) is 0 Å². The van der Waals surface area contributed by atoms with E-state index in [-0.39, 0.29) is 29.5 Å². The summed E-state index contributed by atoms with van der Waals surface area (Å²) in [5, 5.41) is 21.7. The third kappa shape index (κ3) is 3.11. The number of phenols is 2. The van der Waals surface area contributed by atoms with Crippen LogP contribution in [0.4, 0.5) is 0 Å². The Bertz CT molecular complexity index is 733. The molecule has 120 valence electrons. The largest absolute Gasteiger partial charge is 0.508 e. The molecule has 1 aliphatic heterocycles. The Balaban J connectivity index is 1.92. The number of halogens is 1. The summed E-state index contributed by atoms with van der Waals surface area (Å²) >= 11 is 5.92. The van der Waals surface area contributed by atoms with E-state index >= 15 is 0 Å². The molecular weight excluding hydrogens is 316 g/mol. The molecule has 1 fully saturated rings. The van der Waals surface area contributed by atoms with E-state index in [4.69, 9.17) is 11.6 Å². The van der Waals surface area contributed by atoms with Crippen LogP contribution in [-0.4, -0.2) is 21.1 Å². The number of aromatic hydroxyl groups is 2. The van der Waals surface area contributed by atoms with Gasteiger partial charge < -0.3 is 10.2 Å². The van der Waals surface area contributed by atoms with Crippen LogP contribution in [0.5, 0.6) is 11.5 Å². The summed E-state index contributed by atoms with van der Waals surface area (Å²) in [7, 11) is 0. The quantitative estimate of drug-likeness (QED) is 0.789. The van der Waals surface area contributed by atoms with Crippen LogP contribution in [0.25, 0.3) is 0 Å². The van der Waals surface area contributed by atoms with Gasteiger partial charge in [-0.25, -0.2) is 5.43 Å². The van der Waals surface area contributed by atoms with Gasteiger partial charge in [-0.2, -0.15) is 0 Å². The van der Waals surface area contributed by atoms with E-state index in [0.717, 1.165) is 5.56 Å². The predicted octanol–water partition coefficient (Wildman–Crippen LogP) is 3.29. The molecule has 0 aromatic heterocycles. The number of carbonyl (C=O) groups is 1. The first-order chi connectivity index (χ1) is 11.0. The van der Waals surface area contributed by atoms with Gasteiger partial charge in [-0.3, -0.25) is 9.80 Å². The fourth-order valence-electron chi connectivity index (χ4n) is 2.94. The Morgan fingerprint density at radius 1 is 1.22 bits per heavy atom. The van der Waals surface area contributed by atoms with Crippen LogP contribution in [0, 0.1) is 0 Å². The topological polar surface area (TPSA) is 72.8 Å². The third-order valence-corrected chi connectivity index (χ3v) is 4.30. The van der Waals surface area contributed by atoms with Crippen molar-refractivity contribution in [1.82, 2.24) is 10.4 Å². The maximum Gasteiger partial charge on any atom is 0.234 e. The number of hydrogen-bond acceptors (Lipinski definition) is 4. The molecule has 0 radical (unpaired) electrons. The molecule has 6 heteroatoms. The molecule has 0 saturated carbocycles. The number of benzene rings is 2. The molecule has 1 aliphatic rings. The van der Waals surface area contributed by atoms with Gasteiger partial charge in [0, 0.05) is 23.6 Å². The number of amides is 1. The molecule has 1 saturated heterocycles. The highest BCUT2D eigenvalue weighted by atomic mass is 35.5. The van der Waals surface area contributed by atoms with Gasteiger partial charge in [0.25, 0.3) is 0 Å². The van der Waals surface area contributed by atoms with Crippen molar-refractivity contribution in [1.29, 1.82) is 0 Å². The van der Waals surface area contributed by atoms with Crippen molar-refractivity contribution >= 4 is 17.5 Å². The number of nitrogens with zero attached hydrogens (tertiary/aromatic N) is 1. The minimum absolute atomic E-state index is 0.00178. The van der Waals surface area contributed by atoms with Gasteiger partial charge in [0.05, 0.1) is 12.1 Å². The second-order valence-electron chi connectivity index (χ2n) is 5.62. The molecule has 2 unspecified atom stereocenters. The molecule has 0 aliphatic carbocycles. The Labute approximate surface area is 139 Å². The second-order valence-corrected chi connectivity index (χ2v) is 6.05. The maximum atomic E-state index is 11.9. The number of rotatable bonds is 2. The smallest absolute Gasteiger partial charge is 0.234 e. The standard InChI is InChI=1S/C17H17ClN2O3/c1-10(21)20-16(11-2-4-12(18)5-3-11)9-15(19-20)14-7-6-13(22)8-17(14)23/h2-8,15-16,19,22-23H,9H2,1H3. The average molecular weight is 333 g/mol. The van der Waals surface area contributed by atoms with Crippen LogP contribution in [0.2, 0.25) is 5.02 Å². The molecule has 0 bridgehead atoms. The lowest BCUT2D eigenvalue weighted by Gasteiger charge is -2.23. The fraction of sp³-hybridized carbons (Fsp3) is 0.235. The number of carbonyl (C=O) groups excluding carboxylic acids is 1. The Morgan fingerprint density at radius 2 is 1.91 bits per heavy atom. The van der Waals surface area contributed by atoms with Crippen LogP contribution >= 0.6 is 11.6 Å². The van der Waals surface area contributed by atoms with Gasteiger partial charge in [-0.15, -0.1) is 0 Å². The van der Waals surface area contributed by atoms with Crippen molar-refractivity contribution in [3.8, 4) is 11.5 Å². The van der Waals surface area contributed by atoms with Crippen LogP contribution in [0.1, 0.15) is 36.6 Å². The minimum atomic E-state index is -0.222. The Hall–Kier alpha value is -2.24. The highest BCUT2D eigenvalue weighted by molar-refractivity contribution is 6.30. The second kappa shape index (κ2) is 6.10. The number of nitrogens with one attached hydrogen (secondary N) is 1. The number of hydrazine groups is 1. The first-order valence-electron chi connectivity index (χ1n) is 7.29. The zero-order valence-corrected chi connectivity index (χ0v) is 13.3. The molecule has 3 rings (SSSR count). The summed E-state index contributed by atoms with van der Waals surface area (Å²) in [6, 6.07) is 11.5. The predicted molar refractivity (Wildman–Crippen MR) is 87.0 cm³/mol. The summed E-state index contributed by atoms with van der Waals surface area (Å²) in [5.74, 6) is -0.101. The van der Waals surface area contributed by atoms with Crippen molar-refractivity contribution in [3.05, 3.63) is 58.6 Å². The normalized spacial score (nSPS) is 20.7. The molecule has 3 N–H and O–H groups in total. The Kier molecular flexibility index (Phi) is 4.15. The number of hydrogen-bond donors (Lipinski definition) is 3. The SMILES string of the molecule is CC(=O)N1NC(c2ccc(O)cc2O)CC1c1ccc(Cl)cc1. The third-order valence-electron chi connectivity index (χ3n) is 4.05. The van der Waals surface area contributed by atoms with Crippen LogP contribution < -0.4 is 5.43 Å². The zero-order chi connectivity index (χ0) is 16.6. The molecule has 23 heavy (non-hydrogen) atoms. The first-order valence-corrected chi connectivity index (χ1v) is 7.67. The van der Waals surface area contributed by atoms with Gasteiger partial charge in [0.1, 0.15) is 11.5 Å². The fourth-order valence-corrected chi connectivity index (χ4v) is 3.07. The van der Waals surface area contributed by atoms with Crippen LogP contribution in [0.15, 0.2) is 42.5 Å². The lowest BCUT2D eigenvalue weighted by molar-refractivity contribution is -0.132. The summed E-state index contributed by atoms with van der Waals surface area (Å²) < 4.78 is 0. The van der Waals surface area contributed by atoms with E-state index in [9.17, 15) is 15.0 Å². The van der Waals surface area contributed by atoms with Crippen molar-refractivity contribution in [2.24, 2.45) is 0 Å². The van der Waals surface area contributed by atoms with Crippen molar-refractivity contribution < 1.29 is 15.0 Å². The van der Waals surface area contributed by atoms with Gasteiger partial charge in [0.15, 0.2) is 0 Å². The summed E-state index contributed by atoms with van der Waals surface area (Å²) in [5.41, 5.74) is 4.75. The van der Waals surface area contributed by atoms with E-state index in [2.05, 4.69) is 5.43 Å². The highest BCUT2D eigenvalue weighted by Crippen LogP contribution is 2.40. The first kappa shape index (κ1) is 15.6. The Morgan fingerprint density at radius 3 is 2.52 bits per heavy atom. The highest BCUT2D eigenvalue weighted by Gasteiger charge is 2.36. The van der Waals surface area contributed by atoms with E-state index in [1.165, 1.54) is 19.1 Å². The van der Waals surface area contributed by atoms with E-state index in [0.29, 0.717) is 17.0 Å². The van der Waals surface area contributed by atoms with Gasteiger partial charge >= 0.3 is 0 Å². The molecule has 2 aromatic carbocycles. The van der Waals surface area contributed by atoms with Gasteiger partial charge in [-0.05, 0) is 30.2 Å². The molecule has 5 nitrogen and oxygen atoms in total. The van der Waals surface area contributed by atoms with E-state index in [1.807, 2.05) is 12.1 Å². The number of phenolic OH excluding ortho intramolecular Hbond substituents is 2. The van der Waals surface area contributed by atoms with Gasteiger partial charge in [-0.1, -0.05) is 29.8 Å². The lowest BCUT2D eigenvalue weighted by Crippen LogP contribution is -2.37. The molecular formula is C17H17ClN2O3. The molecule has 0 spiro atoms. The van der Waals surface area contributed by atoms with E-state index in [1.54, 1.807) is 23.2 Å². The van der Waals surface area contributed by atoms with Crippen molar-refractivity contribution in [2.45, 2.75) is 25.4 Å². The van der Waals surface area contributed by atoms with Crippen LogP contribution in [-0.2, 0) is 4.79 Å². The molecule has 1 amide bonds. The van der Waals surface area contributed by atoms with Crippen LogP contribution in [0.3, 0.4) is 0 Å². The van der Waals surface area contributed by atoms with E-state index < -0.39 is 0 Å². The minimum Gasteiger partial charge on any atom is -0.508 e. The molecule has 2 atom stereocenters. The zero-order valence-electron chi connectivity index (χ0n) is 12.5. The molecule has 2 aromatic rings. The summed E-state index contributed by atoms with van der Waals surface area (Å²) in [6.07, 6.45) is 0.611. The summed E-state index contributed by atoms with van der Waals surface area (Å²) in [6.45, 7) is 1.50. The average Bonchev–Trinajstić information content (AvgIpc) is 2.93.